The Morgan fingerprint density at radius 1 is 1.18 bits per heavy atom. The fourth-order valence-corrected chi connectivity index (χ4v) is 1.78. The number of ether oxygens (including phenoxy) is 1. The molecule has 0 saturated heterocycles. The molecule has 0 radical (unpaired) electrons. The Hall–Kier alpha value is -1.54. The van der Waals surface area contributed by atoms with Gasteiger partial charge in [-0.1, -0.05) is 23.7 Å². The van der Waals surface area contributed by atoms with Crippen LogP contribution >= 0.6 is 11.6 Å². The summed E-state index contributed by atoms with van der Waals surface area (Å²) in [5.41, 5.74) is 1.77. The minimum atomic E-state index is -0.252. The fraction of sp³-hybridized carbons (Fsp3) is 0.143. The van der Waals surface area contributed by atoms with Crippen LogP contribution in [0.2, 0.25) is 5.02 Å². The molecule has 0 spiro atoms. The third-order valence-corrected chi connectivity index (χ3v) is 2.66. The van der Waals surface area contributed by atoms with Crippen LogP contribution in [-0.4, -0.2) is 0 Å². The SMILES string of the molecule is Cc1cc(F)ccc1OCc1cccc(Cl)c1. The van der Waals surface area contributed by atoms with Crippen LogP contribution in [0.15, 0.2) is 42.5 Å². The normalized spacial score (nSPS) is 10.3. The highest BCUT2D eigenvalue weighted by Crippen LogP contribution is 2.20. The van der Waals surface area contributed by atoms with Crippen molar-refractivity contribution in [3.63, 3.8) is 0 Å². The molecule has 0 heterocycles. The topological polar surface area (TPSA) is 9.23 Å². The molecular formula is C14H12ClFO. The summed E-state index contributed by atoms with van der Waals surface area (Å²) in [7, 11) is 0. The molecule has 2 aromatic carbocycles. The van der Waals surface area contributed by atoms with Gasteiger partial charge >= 0.3 is 0 Å². The average molecular weight is 251 g/mol. The summed E-state index contributed by atoms with van der Waals surface area (Å²) in [6.45, 7) is 2.24. The molecule has 0 saturated carbocycles. The zero-order valence-corrected chi connectivity index (χ0v) is 10.2. The molecule has 0 aliphatic heterocycles. The zero-order valence-electron chi connectivity index (χ0n) is 9.41. The van der Waals surface area contributed by atoms with E-state index in [4.69, 9.17) is 16.3 Å². The molecule has 0 atom stereocenters. The molecule has 0 aliphatic rings. The molecule has 0 N–H and O–H groups in total. The number of hydrogen-bond donors (Lipinski definition) is 0. The van der Waals surface area contributed by atoms with E-state index in [2.05, 4.69) is 0 Å². The van der Waals surface area contributed by atoms with Gasteiger partial charge in [-0.3, -0.25) is 0 Å². The van der Waals surface area contributed by atoms with E-state index in [-0.39, 0.29) is 5.82 Å². The molecule has 0 unspecified atom stereocenters. The van der Waals surface area contributed by atoms with E-state index in [1.54, 1.807) is 6.07 Å². The van der Waals surface area contributed by atoms with Crippen LogP contribution in [0.1, 0.15) is 11.1 Å². The number of aryl methyl sites for hydroxylation is 1. The Kier molecular flexibility index (Phi) is 3.64. The van der Waals surface area contributed by atoms with Crippen molar-refractivity contribution in [2.75, 3.05) is 0 Å². The largest absolute Gasteiger partial charge is 0.489 e. The first-order valence-electron chi connectivity index (χ1n) is 5.28. The van der Waals surface area contributed by atoms with Gasteiger partial charge in [0.05, 0.1) is 0 Å². The maximum atomic E-state index is 12.9. The predicted octanol–water partition coefficient (Wildman–Crippen LogP) is 4.37. The zero-order chi connectivity index (χ0) is 12.3. The Labute approximate surface area is 105 Å². The second kappa shape index (κ2) is 5.19. The average Bonchev–Trinajstić information content (AvgIpc) is 2.28. The minimum absolute atomic E-state index is 0.252. The van der Waals surface area contributed by atoms with Crippen LogP contribution in [0.4, 0.5) is 4.39 Å². The van der Waals surface area contributed by atoms with Crippen molar-refractivity contribution in [2.45, 2.75) is 13.5 Å². The van der Waals surface area contributed by atoms with E-state index in [9.17, 15) is 4.39 Å². The molecule has 0 fully saturated rings. The van der Waals surface area contributed by atoms with Crippen molar-refractivity contribution in [2.24, 2.45) is 0 Å². The van der Waals surface area contributed by atoms with Crippen molar-refractivity contribution in [1.29, 1.82) is 0 Å². The number of hydrogen-bond acceptors (Lipinski definition) is 1. The monoisotopic (exact) mass is 250 g/mol. The second-order valence-electron chi connectivity index (χ2n) is 3.83. The second-order valence-corrected chi connectivity index (χ2v) is 4.26. The molecule has 17 heavy (non-hydrogen) atoms. The van der Waals surface area contributed by atoms with Gasteiger partial charge in [-0.2, -0.15) is 0 Å². The summed E-state index contributed by atoms with van der Waals surface area (Å²) in [6.07, 6.45) is 0. The van der Waals surface area contributed by atoms with Gasteiger partial charge in [0.2, 0.25) is 0 Å². The maximum absolute atomic E-state index is 12.9. The van der Waals surface area contributed by atoms with Gasteiger partial charge in [-0.25, -0.2) is 4.39 Å². The number of benzene rings is 2. The summed E-state index contributed by atoms with van der Waals surface area (Å²) in [4.78, 5) is 0. The predicted molar refractivity (Wildman–Crippen MR) is 66.9 cm³/mol. The molecule has 88 valence electrons. The van der Waals surface area contributed by atoms with Crippen LogP contribution in [-0.2, 0) is 6.61 Å². The Bertz CT molecular complexity index is 525. The van der Waals surface area contributed by atoms with Gasteiger partial charge in [0, 0.05) is 5.02 Å². The lowest BCUT2D eigenvalue weighted by molar-refractivity contribution is 0.303. The van der Waals surface area contributed by atoms with E-state index in [1.807, 2.05) is 31.2 Å². The van der Waals surface area contributed by atoms with Crippen LogP contribution in [0, 0.1) is 12.7 Å². The minimum Gasteiger partial charge on any atom is -0.489 e. The molecule has 2 aromatic rings. The Morgan fingerprint density at radius 2 is 2.00 bits per heavy atom. The summed E-state index contributed by atoms with van der Waals surface area (Å²) in [6, 6.07) is 11.9. The third-order valence-electron chi connectivity index (χ3n) is 2.42. The Morgan fingerprint density at radius 3 is 2.71 bits per heavy atom. The van der Waals surface area contributed by atoms with E-state index < -0.39 is 0 Å². The van der Waals surface area contributed by atoms with Gasteiger partial charge in [-0.15, -0.1) is 0 Å². The van der Waals surface area contributed by atoms with Gasteiger partial charge in [0.1, 0.15) is 18.2 Å². The fourth-order valence-electron chi connectivity index (χ4n) is 1.56. The standard InChI is InChI=1S/C14H12ClFO/c1-10-7-13(16)5-6-14(10)17-9-11-3-2-4-12(15)8-11/h2-8H,9H2,1H3. The van der Waals surface area contributed by atoms with Crippen molar-refractivity contribution in [3.8, 4) is 5.75 Å². The highest BCUT2D eigenvalue weighted by molar-refractivity contribution is 6.30. The smallest absolute Gasteiger partial charge is 0.123 e. The summed E-state index contributed by atoms with van der Waals surface area (Å²) in [5.74, 6) is 0.434. The lowest BCUT2D eigenvalue weighted by Crippen LogP contribution is -1.97. The number of halogens is 2. The first-order chi connectivity index (χ1) is 8.15. The van der Waals surface area contributed by atoms with Gasteiger partial charge < -0.3 is 4.74 Å². The highest BCUT2D eigenvalue weighted by Gasteiger charge is 2.02. The van der Waals surface area contributed by atoms with Crippen molar-refractivity contribution >= 4 is 11.6 Å². The van der Waals surface area contributed by atoms with Crippen molar-refractivity contribution in [3.05, 3.63) is 64.4 Å². The van der Waals surface area contributed by atoms with Crippen molar-refractivity contribution < 1.29 is 9.13 Å². The van der Waals surface area contributed by atoms with E-state index >= 15 is 0 Å². The lowest BCUT2D eigenvalue weighted by atomic mass is 10.2. The highest BCUT2D eigenvalue weighted by atomic mass is 35.5. The van der Waals surface area contributed by atoms with Crippen molar-refractivity contribution in [1.82, 2.24) is 0 Å². The van der Waals surface area contributed by atoms with E-state index in [1.165, 1.54) is 12.1 Å². The summed E-state index contributed by atoms with van der Waals surface area (Å²) < 4.78 is 18.5. The maximum Gasteiger partial charge on any atom is 0.123 e. The molecular weight excluding hydrogens is 239 g/mol. The molecule has 2 rings (SSSR count). The van der Waals surface area contributed by atoms with E-state index in [0.29, 0.717) is 17.4 Å². The quantitative estimate of drug-likeness (QED) is 0.786. The van der Waals surface area contributed by atoms with Gasteiger partial charge in [0.25, 0.3) is 0 Å². The van der Waals surface area contributed by atoms with Crippen LogP contribution in [0.3, 0.4) is 0 Å². The van der Waals surface area contributed by atoms with Crippen LogP contribution in [0.25, 0.3) is 0 Å². The molecule has 1 nitrogen and oxygen atoms in total. The number of rotatable bonds is 3. The molecule has 3 heteroatoms. The van der Waals surface area contributed by atoms with Crippen LogP contribution in [0.5, 0.6) is 5.75 Å². The van der Waals surface area contributed by atoms with Gasteiger partial charge in [-0.05, 0) is 48.4 Å². The lowest BCUT2D eigenvalue weighted by Gasteiger charge is -2.09. The molecule has 0 aromatic heterocycles. The third kappa shape index (κ3) is 3.21. The van der Waals surface area contributed by atoms with E-state index in [0.717, 1.165) is 11.1 Å². The Balaban J connectivity index is 2.07. The molecule has 0 amide bonds. The first kappa shape index (κ1) is 11.9. The van der Waals surface area contributed by atoms with Gasteiger partial charge in [0.15, 0.2) is 0 Å². The summed E-state index contributed by atoms with van der Waals surface area (Å²) in [5, 5.41) is 0.682. The summed E-state index contributed by atoms with van der Waals surface area (Å²) >= 11 is 5.87. The first-order valence-corrected chi connectivity index (χ1v) is 5.66. The molecule has 0 bridgehead atoms. The molecule has 0 aliphatic carbocycles. The van der Waals surface area contributed by atoms with Crippen LogP contribution < -0.4 is 4.74 Å².